The monoisotopic (exact) mass is 257 g/mol. The number of hydrogen-bond donors (Lipinski definition) is 1. The summed E-state index contributed by atoms with van der Waals surface area (Å²) < 4.78 is 0. The summed E-state index contributed by atoms with van der Waals surface area (Å²) in [4.78, 5) is 1.42. The van der Waals surface area contributed by atoms with Gasteiger partial charge in [-0.1, -0.05) is 49.2 Å². The zero-order valence-electron chi connectivity index (χ0n) is 10.5. The Morgan fingerprint density at radius 3 is 2.44 bits per heavy atom. The summed E-state index contributed by atoms with van der Waals surface area (Å²) >= 11 is 1.85. The van der Waals surface area contributed by atoms with Crippen molar-refractivity contribution < 1.29 is 0 Å². The highest BCUT2D eigenvalue weighted by Crippen LogP contribution is 2.29. The van der Waals surface area contributed by atoms with Crippen molar-refractivity contribution in [2.24, 2.45) is 0 Å². The Morgan fingerprint density at radius 2 is 1.78 bits per heavy atom. The van der Waals surface area contributed by atoms with Gasteiger partial charge in [-0.15, -0.1) is 11.3 Å². The average molecular weight is 257 g/mol. The Labute approximate surface area is 113 Å². The van der Waals surface area contributed by atoms with E-state index >= 15 is 0 Å². The molecule has 18 heavy (non-hydrogen) atoms. The quantitative estimate of drug-likeness (QED) is 0.857. The van der Waals surface area contributed by atoms with Gasteiger partial charge in [0.25, 0.3) is 0 Å². The van der Waals surface area contributed by atoms with Crippen LogP contribution >= 0.6 is 11.3 Å². The van der Waals surface area contributed by atoms with Crippen LogP contribution in [0.5, 0.6) is 0 Å². The number of nitrogens with one attached hydrogen (secondary N) is 1. The van der Waals surface area contributed by atoms with E-state index in [1.165, 1.54) is 36.1 Å². The molecule has 1 nitrogen and oxygen atoms in total. The highest BCUT2D eigenvalue weighted by atomic mass is 32.1. The first-order valence-corrected chi connectivity index (χ1v) is 7.66. The third-order valence-electron chi connectivity index (χ3n) is 3.72. The summed E-state index contributed by atoms with van der Waals surface area (Å²) in [6.45, 7) is 0. The molecule has 0 spiro atoms. The lowest BCUT2D eigenvalue weighted by molar-refractivity contribution is 0.483. The van der Waals surface area contributed by atoms with Gasteiger partial charge in [0, 0.05) is 10.9 Å². The van der Waals surface area contributed by atoms with Gasteiger partial charge in [0.05, 0.1) is 6.04 Å². The normalized spacial score (nSPS) is 18.0. The molecule has 0 saturated heterocycles. The van der Waals surface area contributed by atoms with Gasteiger partial charge < -0.3 is 5.32 Å². The van der Waals surface area contributed by atoms with Crippen molar-refractivity contribution in [1.82, 2.24) is 5.32 Å². The van der Waals surface area contributed by atoms with Crippen molar-refractivity contribution >= 4 is 11.3 Å². The molecule has 3 rings (SSSR count). The Hall–Kier alpha value is -1.12. The minimum Gasteiger partial charge on any atom is -0.303 e. The lowest BCUT2D eigenvalue weighted by Crippen LogP contribution is -2.30. The Morgan fingerprint density at radius 1 is 1.00 bits per heavy atom. The van der Waals surface area contributed by atoms with E-state index in [-0.39, 0.29) is 0 Å². The van der Waals surface area contributed by atoms with Crippen LogP contribution in [0.4, 0.5) is 0 Å². The second kappa shape index (κ2) is 5.68. The van der Waals surface area contributed by atoms with E-state index in [1.54, 1.807) is 0 Å². The maximum atomic E-state index is 3.85. The predicted molar refractivity (Wildman–Crippen MR) is 78.0 cm³/mol. The summed E-state index contributed by atoms with van der Waals surface area (Å²) in [6.07, 6.45) is 5.41. The average Bonchev–Trinajstić information content (AvgIpc) is 3.10. The van der Waals surface area contributed by atoms with Crippen LogP contribution in [0, 0.1) is 0 Å². The molecule has 1 heterocycles. The smallest absolute Gasteiger partial charge is 0.0673 e. The molecule has 1 aliphatic carbocycles. The zero-order chi connectivity index (χ0) is 12.2. The van der Waals surface area contributed by atoms with Crippen molar-refractivity contribution in [2.45, 2.75) is 37.8 Å². The standard InChI is InChI=1S/C16H19NS/c1-2-7-13(8-3-1)16(15-11-6-12-18-15)17-14-9-4-5-10-14/h1-3,6-8,11-12,14,16-17H,4-5,9-10H2. The highest BCUT2D eigenvalue weighted by molar-refractivity contribution is 7.10. The van der Waals surface area contributed by atoms with E-state index in [9.17, 15) is 0 Å². The van der Waals surface area contributed by atoms with E-state index in [1.807, 2.05) is 11.3 Å². The summed E-state index contributed by atoms with van der Waals surface area (Å²) in [5, 5.41) is 6.01. The van der Waals surface area contributed by atoms with E-state index in [0.29, 0.717) is 12.1 Å². The molecule has 94 valence electrons. The molecule has 1 aliphatic rings. The van der Waals surface area contributed by atoms with Gasteiger partial charge in [-0.25, -0.2) is 0 Å². The molecule has 1 atom stereocenters. The molecule has 0 amide bonds. The molecule has 0 aliphatic heterocycles. The van der Waals surface area contributed by atoms with Crippen molar-refractivity contribution in [3.05, 3.63) is 58.3 Å². The Balaban J connectivity index is 1.84. The van der Waals surface area contributed by atoms with Crippen LogP contribution in [0.25, 0.3) is 0 Å². The fourth-order valence-electron chi connectivity index (χ4n) is 2.77. The van der Waals surface area contributed by atoms with Crippen LogP contribution in [-0.4, -0.2) is 6.04 Å². The zero-order valence-corrected chi connectivity index (χ0v) is 11.3. The minimum absolute atomic E-state index is 0.370. The van der Waals surface area contributed by atoms with Gasteiger partial charge in [-0.2, -0.15) is 0 Å². The van der Waals surface area contributed by atoms with Gasteiger partial charge in [0.1, 0.15) is 0 Å². The van der Waals surface area contributed by atoms with E-state index in [2.05, 4.69) is 53.2 Å². The molecular weight excluding hydrogens is 238 g/mol. The number of benzene rings is 1. The van der Waals surface area contributed by atoms with Gasteiger partial charge >= 0.3 is 0 Å². The lowest BCUT2D eigenvalue weighted by Gasteiger charge is -2.22. The number of rotatable bonds is 4. The maximum absolute atomic E-state index is 3.85. The van der Waals surface area contributed by atoms with Crippen LogP contribution in [0.1, 0.15) is 42.2 Å². The molecule has 1 N–H and O–H groups in total. The molecule has 2 aromatic rings. The minimum atomic E-state index is 0.370. The summed E-state index contributed by atoms with van der Waals surface area (Å²) in [5.74, 6) is 0. The second-order valence-corrected chi connectivity index (χ2v) is 5.99. The van der Waals surface area contributed by atoms with E-state index in [0.717, 1.165) is 0 Å². The number of thiophene rings is 1. The third kappa shape index (κ3) is 2.65. The molecule has 1 aromatic carbocycles. The van der Waals surface area contributed by atoms with Crippen LogP contribution < -0.4 is 5.32 Å². The topological polar surface area (TPSA) is 12.0 Å². The molecule has 1 aromatic heterocycles. The van der Waals surface area contributed by atoms with Gasteiger partial charge in [-0.3, -0.25) is 0 Å². The van der Waals surface area contributed by atoms with Gasteiger partial charge in [-0.05, 0) is 29.9 Å². The largest absolute Gasteiger partial charge is 0.303 e. The van der Waals surface area contributed by atoms with Crippen molar-refractivity contribution in [2.75, 3.05) is 0 Å². The molecule has 1 unspecified atom stereocenters. The van der Waals surface area contributed by atoms with Crippen LogP contribution in [-0.2, 0) is 0 Å². The highest BCUT2D eigenvalue weighted by Gasteiger charge is 2.21. The SMILES string of the molecule is c1ccc(C(NC2CCCC2)c2cccs2)cc1. The Bertz CT molecular complexity index is 457. The fourth-order valence-corrected chi connectivity index (χ4v) is 3.58. The first-order chi connectivity index (χ1) is 8.93. The van der Waals surface area contributed by atoms with E-state index < -0.39 is 0 Å². The molecule has 1 saturated carbocycles. The van der Waals surface area contributed by atoms with Crippen LogP contribution in [0.15, 0.2) is 47.8 Å². The van der Waals surface area contributed by atoms with E-state index in [4.69, 9.17) is 0 Å². The van der Waals surface area contributed by atoms with Gasteiger partial charge in [0.15, 0.2) is 0 Å². The van der Waals surface area contributed by atoms with Crippen LogP contribution in [0.3, 0.4) is 0 Å². The molecule has 1 fully saturated rings. The van der Waals surface area contributed by atoms with Crippen molar-refractivity contribution in [1.29, 1.82) is 0 Å². The Kier molecular flexibility index (Phi) is 3.77. The first-order valence-electron chi connectivity index (χ1n) is 6.78. The second-order valence-electron chi connectivity index (χ2n) is 5.01. The summed E-state index contributed by atoms with van der Waals surface area (Å²) in [7, 11) is 0. The lowest BCUT2D eigenvalue weighted by atomic mass is 10.0. The van der Waals surface area contributed by atoms with Crippen LogP contribution in [0.2, 0.25) is 0 Å². The molecule has 0 radical (unpaired) electrons. The molecular formula is C16H19NS. The molecule has 0 bridgehead atoms. The first kappa shape index (κ1) is 11.9. The third-order valence-corrected chi connectivity index (χ3v) is 4.66. The van der Waals surface area contributed by atoms with Gasteiger partial charge in [0.2, 0.25) is 0 Å². The summed E-state index contributed by atoms with van der Waals surface area (Å²) in [5.41, 5.74) is 1.38. The van der Waals surface area contributed by atoms with Crippen molar-refractivity contribution in [3.63, 3.8) is 0 Å². The summed E-state index contributed by atoms with van der Waals surface area (Å²) in [6, 6.07) is 16.3. The number of hydrogen-bond acceptors (Lipinski definition) is 2. The molecule has 2 heteroatoms. The van der Waals surface area contributed by atoms with Crippen molar-refractivity contribution in [3.8, 4) is 0 Å². The fraction of sp³-hybridized carbons (Fsp3) is 0.375. The predicted octanol–water partition coefficient (Wildman–Crippen LogP) is 4.37. The maximum Gasteiger partial charge on any atom is 0.0673 e.